The van der Waals surface area contributed by atoms with E-state index >= 15 is 0 Å². The molecule has 16 rings (SSSR count). The van der Waals surface area contributed by atoms with E-state index < -0.39 is 16.1 Å². The number of hydrogen-bond donors (Lipinski definition) is 0. The summed E-state index contributed by atoms with van der Waals surface area (Å²) in [5.41, 5.74) is 17.0. The second-order valence-corrected chi connectivity index (χ2v) is 29.4. The fraction of sp³-hybridized carbons (Fsp3) is 0. The molecular weight excluding hydrogens is 1020 g/mol. The molecule has 384 valence electrons. The molecular formula is C78H54N2Si2. The summed E-state index contributed by atoms with van der Waals surface area (Å²) in [5, 5.41) is 13.7. The highest BCUT2D eigenvalue weighted by Crippen LogP contribution is 2.42. The molecule has 0 radical (unpaired) electrons. The number of rotatable bonds is 10. The van der Waals surface area contributed by atoms with Gasteiger partial charge in [0.25, 0.3) is 0 Å². The highest BCUT2D eigenvalue weighted by molar-refractivity contribution is 7.23. The first-order chi connectivity index (χ1) is 40.7. The van der Waals surface area contributed by atoms with Gasteiger partial charge in [0.2, 0.25) is 0 Å². The Bertz CT molecular complexity index is 4640. The maximum Gasteiger partial charge on any atom is 0.180 e. The standard InChI is InChI=1S/C78H54N2Si2/c1-7-23-55(24-8-1)56-39-43-60(44-40-56)79(61-45-48-70-68-36-20-22-38-75(68)81(77(70)53-61,63-27-11-3-12-28-63)64-29-13-4-14-30-64)62-46-49-71-69-47-41-58(52-76(69)82(78(71)54-62,65-31-15-5-16-32-65)66-33-17-6-18-34-66)57-42-50-74-72(51-57)67-35-19-21-37-73(67)80(74)59-25-9-2-10-26-59/h1-54H. The lowest BCUT2D eigenvalue weighted by molar-refractivity contribution is 1.18. The molecule has 14 aromatic rings. The van der Waals surface area contributed by atoms with Crippen molar-refractivity contribution in [1.29, 1.82) is 0 Å². The van der Waals surface area contributed by atoms with Crippen LogP contribution < -0.4 is 46.4 Å². The van der Waals surface area contributed by atoms with Crippen molar-refractivity contribution >= 4 is 96.5 Å². The molecule has 0 saturated heterocycles. The zero-order valence-corrected chi connectivity index (χ0v) is 47.1. The van der Waals surface area contributed by atoms with Crippen LogP contribution in [0.3, 0.4) is 0 Å². The first-order valence-electron chi connectivity index (χ1n) is 28.5. The van der Waals surface area contributed by atoms with E-state index in [1.165, 1.54) is 108 Å². The molecule has 0 N–H and O–H groups in total. The minimum absolute atomic E-state index is 1.11. The highest BCUT2D eigenvalue weighted by Gasteiger charge is 2.51. The van der Waals surface area contributed by atoms with Crippen molar-refractivity contribution in [3.05, 3.63) is 328 Å². The molecule has 0 aliphatic carbocycles. The van der Waals surface area contributed by atoms with Crippen molar-refractivity contribution in [2.75, 3.05) is 4.90 Å². The van der Waals surface area contributed by atoms with Crippen LogP contribution in [0, 0.1) is 0 Å². The van der Waals surface area contributed by atoms with Crippen LogP contribution in [-0.4, -0.2) is 20.7 Å². The normalized spacial score (nSPS) is 13.3. The lowest BCUT2D eigenvalue weighted by Crippen LogP contribution is -2.72. The molecule has 82 heavy (non-hydrogen) atoms. The van der Waals surface area contributed by atoms with E-state index in [4.69, 9.17) is 0 Å². The molecule has 3 heterocycles. The Morgan fingerprint density at radius 1 is 0.232 bits per heavy atom. The molecule has 13 aromatic carbocycles. The second kappa shape index (κ2) is 19.3. The molecule has 0 bridgehead atoms. The summed E-state index contributed by atoms with van der Waals surface area (Å²) < 4.78 is 2.40. The lowest BCUT2D eigenvalue weighted by Gasteiger charge is -2.34. The van der Waals surface area contributed by atoms with Gasteiger partial charge in [-0.3, -0.25) is 0 Å². The summed E-state index contributed by atoms with van der Waals surface area (Å²) in [6, 6.07) is 124. The fourth-order valence-corrected chi connectivity index (χ4v) is 24.7. The number of nitrogens with zero attached hydrogens (tertiary/aromatic N) is 2. The molecule has 2 aliphatic rings. The Hall–Kier alpha value is -10.1. The minimum atomic E-state index is -3.05. The number of aromatic nitrogens is 1. The monoisotopic (exact) mass is 1070 g/mol. The average Bonchev–Trinajstić information content (AvgIpc) is 2.98. The fourth-order valence-electron chi connectivity index (χ4n) is 14.3. The topological polar surface area (TPSA) is 8.17 Å². The van der Waals surface area contributed by atoms with E-state index in [9.17, 15) is 0 Å². The van der Waals surface area contributed by atoms with Crippen molar-refractivity contribution < 1.29 is 0 Å². The van der Waals surface area contributed by atoms with Crippen LogP contribution in [0.4, 0.5) is 17.1 Å². The Morgan fingerprint density at radius 2 is 0.610 bits per heavy atom. The van der Waals surface area contributed by atoms with Gasteiger partial charge in [-0.15, -0.1) is 0 Å². The predicted octanol–water partition coefficient (Wildman–Crippen LogP) is 14.3. The van der Waals surface area contributed by atoms with E-state index in [0.717, 1.165) is 22.7 Å². The van der Waals surface area contributed by atoms with Gasteiger partial charge in [-0.05, 0) is 153 Å². The first-order valence-corrected chi connectivity index (χ1v) is 32.5. The summed E-state index contributed by atoms with van der Waals surface area (Å²) >= 11 is 0. The quantitative estimate of drug-likeness (QED) is 0.124. The molecule has 0 saturated carbocycles. The average molecular weight is 1080 g/mol. The number of fused-ring (bicyclic) bond motifs is 9. The maximum atomic E-state index is 2.58. The number of anilines is 3. The third-order valence-corrected chi connectivity index (χ3v) is 27.5. The third kappa shape index (κ3) is 7.25. The summed E-state index contributed by atoms with van der Waals surface area (Å²) in [7, 11) is -5.88. The van der Waals surface area contributed by atoms with Crippen LogP contribution in [0.15, 0.2) is 328 Å². The first kappa shape index (κ1) is 47.9. The Kier molecular flexibility index (Phi) is 11.3. The van der Waals surface area contributed by atoms with E-state index in [0.29, 0.717) is 0 Å². The summed E-state index contributed by atoms with van der Waals surface area (Å²) in [6.45, 7) is 0. The van der Waals surface area contributed by atoms with Crippen LogP contribution >= 0.6 is 0 Å². The van der Waals surface area contributed by atoms with Crippen LogP contribution in [0.25, 0.3) is 72.0 Å². The van der Waals surface area contributed by atoms with Gasteiger partial charge in [-0.25, -0.2) is 0 Å². The predicted molar refractivity (Wildman–Crippen MR) is 352 cm³/mol. The minimum Gasteiger partial charge on any atom is -0.311 e. The van der Waals surface area contributed by atoms with Crippen LogP contribution in [-0.2, 0) is 0 Å². The van der Waals surface area contributed by atoms with Crippen LogP contribution in [0.5, 0.6) is 0 Å². The number of benzene rings is 13. The van der Waals surface area contributed by atoms with Crippen molar-refractivity contribution in [2.24, 2.45) is 0 Å². The van der Waals surface area contributed by atoms with Gasteiger partial charge in [0.05, 0.1) is 11.0 Å². The van der Waals surface area contributed by atoms with Crippen molar-refractivity contribution in [1.82, 2.24) is 4.57 Å². The zero-order chi connectivity index (χ0) is 54.2. The molecule has 0 amide bonds. The van der Waals surface area contributed by atoms with E-state index in [1.807, 2.05) is 0 Å². The lowest BCUT2D eigenvalue weighted by atomic mass is 9.98. The van der Waals surface area contributed by atoms with Gasteiger partial charge in [-0.1, -0.05) is 261 Å². The van der Waals surface area contributed by atoms with Gasteiger partial charge in [0.15, 0.2) is 16.1 Å². The molecule has 2 aliphatic heterocycles. The van der Waals surface area contributed by atoms with Crippen LogP contribution in [0.2, 0.25) is 0 Å². The molecule has 0 fully saturated rings. The molecule has 0 atom stereocenters. The van der Waals surface area contributed by atoms with E-state index in [-0.39, 0.29) is 0 Å². The van der Waals surface area contributed by atoms with Gasteiger partial charge in [-0.2, -0.15) is 0 Å². The van der Waals surface area contributed by atoms with Crippen LogP contribution in [0.1, 0.15) is 0 Å². The number of para-hydroxylation sites is 2. The summed E-state index contributed by atoms with van der Waals surface area (Å²) in [4.78, 5) is 2.54. The second-order valence-electron chi connectivity index (χ2n) is 21.9. The van der Waals surface area contributed by atoms with Crippen molar-refractivity contribution in [2.45, 2.75) is 0 Å². The largest absolute Gasteiger partial charge is 0.311 e. The van der Waals surface area contributed by atoms with Gasteiger partial charge >= 0.3 is 0 Å². The summed E-state index contributed by atoms with van der Waals surface area (Å²) in [6.07, 6.45) is 0. The van der Waals surface area contributed by atoms with Gasteiger partial charge in [0.1, 0.15) is 0 Å². The Balaban J connectivity index is 0.922. The van der Waals surface area contributed by atoms with Gasteiger partial charge in [0, 0.05) is 33.5 Å². The molecule has 0 unspecified atom stereocenters. The molecule has 0 spiro atoms. The third-order valence-electron chi connectivity index (χ3n) is 17.7. The van der Waals surface area contributed by atoms with E-state index in [2.05, 4.69) is 337 Å². The smallest absolute Gasteiger partial charge is 0.180 e. The Labute approximate surface area is 480 Å². The zero-order valence-electron chi connectivity index (χ0n) is 45.1. The molecule has 1 aromatic heterocycles. The van der Waals surface area contributed by atoms with Crippen molar-refractivity contribution in [3.63, 3.8) is 0 Å². The summed E-state index contributed by atoms with van der Waals surface area (Å²) in [5.74, 6) is 0. The highest BCUT2D eigenvalue weighted by atomic mass is 28.3. The SMILES string of the molecule is c1ccc(-c2ccc(N(c3ccc4c(c3)[Si](c3ccccc3)(c3ccccc3)c3ccccc3-4)c3ccc4c(c3)[Si](c3ccccc3)(c3ccccc3)c3cc(-c5ccc6c(c5)c5ccccc5n6-c5ccccc5)ccc3-4)cc2)cc1. The number of hydrogen-bond acceptors (Lipinski definition) is 1. The van der Waals surface area contributed by atoms with Gasteiger partial charge < -0.3 is 9.47 Å². The Morgan fingerprint density at radius 3 is 1.18 bits per heavy atom. The molecule has 4 heteroatoms. The molecule has 2 nitrogen and oxygen atoms in total. The van der Waals surface area contributed by atoms with E-state index in [1.54, 1.807) is 0 Å². The van der Waals surface area contributed by atoms with Crippen molar-refractivity contribution in [3.8, 4) is 50.2 Å². The maximum absolute atomic E-state index is 3.05.